The van der Waals surface area contributed by atoms with E-state index in [1.807, 2.05) is 62.3 Å². The first-order valence-electron chi connectivity index (χ1n) is 18.3. The van der Waals surface area contributed by atoms with Crippen LogP contribution in [-0.4, -0.2) is 114 Å². The zero-order valence-corrected chi connectivity index (χ0v) is 35.1. The summed E-state index contributed by atoms with van der Waals surface area (Å²) in [4.78, 5) is 0. The molecule has 0 aliphatic carbocycles. The summed E-state index contributed by atoms with van der Waals surface area (Å²) in [6.45, 7) is 25.4. The van der Waals surface area contributed by atoms with E-state index in [-0.39, 0.29) is 5.79 Å². The molecule has 11 nitrogen and oxygen atoms in total. The van der Waals surface area contributed by atoms with E-state index in [1.165, 1.54) is 18.9 Å². The van der Waals surface area contributed by atoms with Crippen molar-refractivity contribution in [2.45, 2.75) is 131 Å². The number of unbranched alkanes of at least 4 members (excludes halogenated alkanes) is 3. The molecular weight excluding hydrogens is 657 g/mol. The average molecular weight is 729 g/mol. The molecule has 2 N–H and O–H groups in total. The molecule has 0 unspecified atom stereocenters. The molecule has 46 heavy (non-hydrogen) atoms. The molecule has 0 spiro atoms. The third-order valence-electron chi connectivity index (χ3n) is 7.05. The van der Waals surface area contributed by atoms with Crippen LogP contribution < -0.4 is 10.6 Å². The standard InChI is InChI=1S/C31H72N2O9Si4/c1-10-34-44(35-11-2,36-12-3)28-22-20-19-21-27-43-31(32-25-23-29-45(37-13-4,38-14-5)39-15-6)33-26-24-30-46(40-16-7,41-17-8)42-18-9/h31-33H,10-30H2,1-9H3. The Labute approximate surface area is 289 Å². The molecule has 0 saturated carbocycles. The van der Waals surface area contributed by atoms with Gasteiger partial charge in [0.2, 0.25) is 0 Å². The highest BCUT2D eigenvalue weighted by molar-refractivity contribution is 6.61. The first-order valence-corrected chi connectivity index (χ1v) is 25.4. The van der Waals surface area contributed by atoms with Crippen LogP contribution in [0.3, 0.4) is 0 Å². The highest BCUT2D eigenvalue weighted by atomic mass is 28.4. The zero-order chi connectivity index (χ0) is 34.4. The minimum absolute atomic E-state index is 0.249. The van der Waals surface area contributed by atoms with Gasteiger partial charge in [0.1, 0.15) is 0 Å². The Morgan fingerprint density at radius 2 is 0.674 bits per heavy atom. The molecule has 0 bridgehead atoms. The molecule has 0 atom stereocenters. The third kappa shape index (κ3) is 20.8. The van der Waals surface area contributed by atoms with Gasteiger partial charge < -0.3 is 50.5 Å². The van der Waals surface area contributed by atoms with E-state index in [1.54, 1.807) is 0 Å². The van der Waals surface area contributed by atoms with Crippen LogP contribution in [0.5, 0.6) is 0 Å². The quantitative estimate of drug-likeness (QED) is 0.0447. The highest BCUT2D eigenvalue weighted by Gasteiger charge is 2.41. The molecule has 0 amide bonds. The molecule has 0 aliphatic heterocycles. The van der Waals surface area contributed by atoms with Gasteiger partial charge in [0.05, 0.1) is 9.52 Å². The maximum atomic E-state index is 6.06. The van der Waals surface area contributed by atoms with E-state index in [0.29, 0.717) is 59.5 Å². The second-order valence-electron chi connectivity index (χ2n) is 10.6. The van der Waals surface area contributed by atoms with Gasteiger partial charge in [0, 0.05) is 83.4 Å². The number of hydrogen-bond acceptors (Lipinski definition) is 11. The van der Waals surface area contributed by atoms with Crippen LogP contribution >= 0.6 is 0 Å². The average Bonchev–Trinajstić information content (AvgIpc) is 3.01. The first kappa shape index (κ1) is 46.4. The third-order valence-corrected chi connectivity index (χ3v) is 18.0. The Morgan fingerprint density at radius 1 is 0.391 bits per heavy atom. The van der Waals surface area contributed by atoms with Gasteiger partial charge in [-0.1, -0.05) is 25.3 Å². The molecule has 0 rings (SSSR count). The second kappa shape index (κ2) is 30.3. The summed E-state index contributed by atoms with van der Waals surface area (Å²) in [5.74, 6) is 0.249. The Bertz CT molecular complexity index is 592. The van der Waals surface area contributed by atoms with E-state index in [0.717, 1.165) is 66.4 Å². The Hall–Kier alpha value is 0.428. The largest absolute Gasteiger partial charge is 0.500 e. The van der Waals surface area contributed by atoms with Gasteiger partial charge in [-0.05, 0) is 94.7 Å². The van der Waals surface area contributed by atoms with Gasteiger partial charge >= 0.3 is 26.4 Å². The van der Waals surface area contributed by atoms with Crippen molar-refractivity contribution in [3.8, 4) is 0 Å². The Balaban J connectivity index is 5.04. The van der Waals surface area contributed by atoms with Crippen molar-refractivity contribution in [2.24, 2.45) is 0 Å². The highest BCUT2D eigenvalue weighted by Crippen LogP contribution is 2.21. The predicted molar refractivity (Wildman–Crippen MR) is 194 cm³/mol. The van der Waals surface area contributed by atoms with Gasteiger partial charge in [-0.3, -0.25) is 0 Å². The van der Waals surface area contributed by atoms with Crippen molar-refractivity contribution >= 4 is 35.9 Å². The van der Waals surface area contributed by atoms with Crippen LogP contribution in [-0.2, 0) is 39.8 Å². The van der Waals surface area contributed by atoms with E-state index in [4.69, 9.17) is 39.8 Å². The van der Waals surface area contributed by atoms with Crippen molar-refractivity contribution in [3.63, 3.8) is 0 Å². The molecule has 0 aromatic rings. The van der Waals surface area contributed by atoms with E-state index in [9.17, 15) is 0 Å². The predicted octanol–water partition coefficient (Wildman–Crippen LogP) is 6.06. The molecule has 0 aliphatic rings. The summed E-state index contributed by atoms with van der Waals surface area (Å²) in [6, 6.07) is 3.70. The molecule has 0 saturated heterocycles. The van der Waals surface area contributed by atoms with Gasteiger partial charge in [-0.2, -0.15) is 0 Å². The number of hydrogen-bond donors (Lipinski definition) is 2. The van der Waals surface area contributed by atoms with Crippen molar-refractivity contribution in [3.05, 3.63) is 0 Å². The lowest BCUT2D eigenvalue weighted by molar-refractivity contribution is 0.0698. The normalized spacial score (nSPS) is 12.9. The monoisotopic (exact) mass is 728 g/mol. The summed E-state index contributed by atoms with van der Waals surface area (Å²) in [7, 11) is -7.05. The fraction of sp³-hybridized carbons (Fsp3) is 1.00. The van der Waals surface area contributed by atoms with Crippen molar-refractivity contribution < 1.29 is 39.8 Å². The van der Waals surface area contributed by atoms with E-state index in [2.05, 4.69) is 10.6 Å². The number of rotatable bonds is 36. The number of nitrogens with one attached hydrogen (secondary N) is 2. The molecule has 0 aromatic carbocycles. The maximum Gasteiger partial charge on any atom is 0.500 e. The molecule has 15 heteroatoms. The van der Waals surface area contributed by atoms with Crippen molar-refractivity contribution in [1.82, 2.24) is 10.6 Å². The van der Waals surface area contributed by atoms with Gasteiger partial charge in [0.25, 0.3) is 0 Å². The molecule has 0 fully saturated rings. The summed E-state index contributed by atoms with van der Waals surface area (Å²) < 4.78 is 54.4. The molecule has 276 valence electrons. The van der Waals surface area contributed by atoms with Crippen LogP contribution in [0.4, 0.5) is 0 Å². The molecule has 2 radical (unpaired) electrons. The van der Waals surface area contributed by atoms with Crippen LogP contribution in [0.2, 0.25) is 24.2 Å². The van der Waals surface area contributed by atoms with Crippen LogP contribution in [0.1, 0.15) is 101 Å². The molecule has 0 aromatic heterocycles. The van der Waals surface area contributed by atoms with Gasteiger partial charge in [0.15, 0.2) is 0 Å². The molecular formula is C31H72N2O9Si4. The summed E-state index contributed by atoms with van der Waals surface area (Å²) in [5.41, 5.74) is 0. The van der Waals surface area contributed by atoms with E-state index < -0.39 is 26.4 Å². The minimum atomic E-state index is -2.64. The summed E-state index contributed by atoms with van der Waals surface area (Å²) >= 11 is 0. The van der Waals surface area contributed by atoms with Crippen LogP contribution in [0.15, 0.2) is 0 Å². The fourth-order valence-corrected chi connectivity index (χ4v) is 14.6. The molecule has 0 heterocycles. The summed E-state index contributed by atoms with van der Waals surface area (Å²) in [6.07, 6.45) is 6.52. The van der Waals surface area contributed by atoms with Gasteiger partial charge in [-0.15, -0.1) is 0 Å². The zero-order valence-electron chi connectivity index (χ0n) is 31.1. The maximum absolute atomic E-state index is 6.06. The first-order chi connectivity index (χ1) is 22.3. The van der Waals surface area contributed by atoms with Crippen molar-refractivity contribution in [2.75, 3.05) is 72.6 Å². The SMILES string of the molecule is CCO[Si](CCCCCC[Si]C(NCCC[Si](OCC)(OCC)OCC)NCCC[Si](OCC)(OCC)OCC)(OCC)OCC. The Morgan fingerprint density at radius 3 is 0.978 bits per heavy atom. The lowest BCUT2D eigenvalue weighted by atomic mass is 10.2. The van der Waals surface area contributed by atoms with Crippen LogP contribution in [0, 0.1) is 0 Å². The lowest BCUT2D eigenvalue weighted by Crippen LogP contribution is -2.50. The topological polar surface area (TPSA) is 107 Å². The second-order valence-corrected chi connectivity index (χ2v) is 20.3. The lowest BCUT2D eigenvalue weighted by Gasteiger charge is -2.29. The summed E-state index contributed by atoms with van der Waals surface area (Å²) in [5, 5.41) is 7.57. The van der Waals surface area contributed by atoms with E-state index >= 15 is 0 Å². The van der Waals surface area contributed by atoms with Gasteiger partial charge in [-0.25, -0.2) is 0 Å². The fourth-order valence-electron chi connectivity index (χ4n) is 5.39. The smallest absolute Gasteiger partial charge is 0.374 e. The Kier molecular flexibility index (Phi) is 30.5. The minimum Gasteiger partial charge on any atom is -0.374 e. The van der Waals surface area contributed by atoms with Crippen molar-refractivity contribution in [1.29, 1.82) is 0 Å². The van der Waals surface area contributed by atoms with Crippen LogP contribution in [0.25, 0.3) is 0 Å².